The number of rotatable bonds is 9. The van der Waals surface area contributed by atoms with Crippen molar-refractivity contribution < 1.29 is 57.7 Å². The van der Waals surface area contributed by atoms with Crippen molar-refractivity contribution in [3.8, 4) is 5.75 Å². The zero-order chi connectivity index (χ0) is 24.6. The first-order valence-electron chi connectivity index (χ1n) is 12.3. The van der Waals surface area contributed by atoms with Crippen molar-refractivity contribution in [2.24, 2.45) is 16.6 Å². The number of hydrogen-bond donors (Lipinski definition) is 3. The summed E-state index contributed by atoms with van der Waals surface area (Å²) < 4.78 is 10.6. The van der Waals surface area contributed by atoms with Gasteiger partial charge in [-0.05, 0) is 69.3 Å². The minimum atomic E-state index is -0.182. The van der Waals surface area contributed by atoms with E-state index in [0.717, 1.165) is 68.8 Å². The van der Waals surface area contributed by atoms with Crippen LogP contribution in [0.3, 0.4) is 0 Å². The maximum absolute atomic E-state index is 10.1. The van der Waals surface area contributed by atoms with Gasteiger partial charge < -0.3 is 20.5 Å². The molecule has 10 heteroatoms. The van der Waals surface area contributed by atoms with Crippen LogP contribution in [0, 0.1) is 38.6 Å². The molecule has 0 fully saturated rings. The third-order valence-electron chi connectivity index (χ3n) is 5.42. The second kappa shape index (κ2) is 20.3. The number of hydrogen-bond acceptors (Lipinski definition) is 8. The Bertz CT molecular complexity index is 739. The molecular weight excluding hydrogens is 846 g/mol. The first-order chi connectivity index (χ1) is 16.0. The second-order valence-electron chi connectivity index (χ2n) is 8.01. The smallest absolute Gasteiger partial charge is 0.302 e. The zero-order valence-electron chi connectivity index (χ0n) is 22.1. The van der Waals surface area contributed by atoms with E-state index in [4.69, 9.17) is 21.2 Å². The largest absolute Gasteiger partial charge is 0.487 e. The van der Waals surface area contributed by atoms with Crippen molar-refractivity contribution in [2.45, 2.75) is 91.4 Å². The number of fused-ring (bicyclic) bond motifs is 1. The van der Waals surface area contributed by atoms with Crippen molar-refractivity contribution in [1.82, 2.24) is 5.32 Å². The van der Waals surface area contributed by atoms with Gasteiger partial charge in [0, 0.05) is 57.1 Å². The van der Waals surface area contributed by atoms with Crippen LogP contribution in [0.4, 0.5) is 0 Å². The second-order valence-corrected chi connectivity index (χ2v) is 8.01. The van der Waals surface area contributed by atoms with Crippen molar-refractivity contribution in [3.63, 3.8) is 0 Å². The number of ether oxygens (including phenoxy) is 2. The molecule has 3 rings (SSSR count). The van der Waals surface area contributed by atoms with Crippen LogP contribution in [0.25, 0.3) is 0 Å². The van der Waals surface area contributed by atoms with E-state index in [1.165, 1.54) is 12.5 Å². The van der Waals surface area contributed by atoms with Crippen molar-refractivity contribution in [3.05, 3.63) is 29.3 Å². The Labute approximate surface area is 236 Å². The van der Waals surface area contributed by atoms with E-state index in [-0.39, 0.29) is 56.8 Å². The average molecular weight is 891 g/mol. The van der Waals surface area contributed by atoms with Crippen LogP contribution < -0.4 is 21.7 Å². The van der Waals surface area contributed by atoms with Gasteiger partial charge in [0.2, 0.25) is 0 Å². The molecule has 2 heterocycles. The molecule has 3 unspecified atom stereocenters. The maximum Gasteiger partial charge on any atom is 0.302 e. The molecule has 0 saturated carbocycles. The molecular formula is C25H44N4O4RfTb. The van der Waals surface area contributed by atoms with Crippen molar-refractivity contribution in [1.29, 1.82) is 0 Å². The normalized spacial score (nSPS) is 18.2. The van der Waals surface area contributed by atoms with Gasteiger partial charge in [-0.1, -0.05) is 27.2 Å². The molecule has 0 saturated heterocycles. The average Bonchev–Trinajstić information content (AvgIpc) is 3.32. The number of aryl methyl sites for hydroxylation is 1. The Morgan fingerprint density at radius 1 is 1.31 bits per heavy atom. The number of nitrogens with one attached hydrogen (secondary N) is 1. The van der Waals surface area contributed by atoms with Gasteiger partial charge in [0.25, 0.3) is 0 Å². The minimum absolute atomic E-state index is 0. The summed E-state index contributed by atoms with van der Waals surface area (Å²) >= 11 is 0. The third-order valence-corrected chi connectivity index (χ3v) is 5.42. The van der Waals surface area contributed by atoms with E-state index in [0.29, 0.717) is 12.6 Å². The fraction of sp³-hybridized carbons (Fsp3) is 0.680. The Kier molecular flexibility index (Phi) is 20.5. The molecule has 2 aliphatic rings. The van der Waals surface area contributed by atoms with Crippen LogP contribution in [-0.4, -0.2) is 49.8 Å². The number of benzene rings is 1. The van der Waals surface area contributed by atoms with E-state index in [2.05, 4.69) is 34.1 Å². The number of amidine groups is 1. The van der Waals surface area contributed by atoms with Gasteiger partial charge in [-0.25, -0.2) is 5.90 Å². The quantitative estimate of drug-likeness (QED) is 0.198. The molecule has 0 bridgehead atoms. The predicted octanol–water partition coefficient (Wildman–Crippen LogP) is 3.49. The van der Waals surface area contributed by atoms with E-state index < -0.39 is 0 Å². The summed E-state index contributed by atoms with van der Waals surface area (Å²) in [7, 11) is 0. The number of aliphatic imine (C=N–C) groups is 1. The Morgan fingerprint density at radius 3 is 2.63 bits per heavy atom. The molecule has 199 valence electrons. The Morgan fingerprint density at radius 2 is 2.03 bits per heavy atom. The van der Waals surface area contributed by atoms with Crippen molar-refractivity contribution in [2.75, 3.05) is 19.7 Å². The third kappa shape index (κ3) is 12.6. The molecule has 1 aromatic rings. The molecule has 0 amide bonds. The van der Waals surface area contributed by atoms with Crippen molar-refractivity contribution >= 4 is 11.8 Å². The summed E-state index contributed by atoms with van der Waals surface area (Å²) in [5, 5.41) is 3.50. The predicted molar refractivity (Wildman–Crippen MR) is 133 cm³/mol. The summed E-state index contributed by atoms with van der Waals surface area (Å²) in [5.74, 6) is 6.99. The number of esters is 1. The van der Waals surface area contributed by atoms with Crippen LogP contribution in [0.1, 0.15) is 77.8 Å². The van der Waals surface area contributed by atoms with Gasteiger partial charge in [-0.15, -0.1) is 0 Å². The molecule has 0 aromatic heterocycles. The van der Waals surface area contributed by atoms with Gasteiger partial charge in [0.05, 0.1) is 13.2 Å². The molecule has 1 aromatic carbocycles. The van der Waals surface area contributed by atoms with Gasteiger partial charge in [-0.2, -0.15) is 0 Å². The monoisotopic (exact) mass is 890 g/mol. The summed E-state index contributed by atoms with van der Waals surface area (Å²) in [6, 6.07) is 6.67. The van der Waals surface area contributed by atoms with Gasteiger partial charge in [-0.3, -0.25) is 14.6 Å². The number of nitrogens with two attached hydrogens (primary N) is 2. The van der Waals surface area contributed by atoms with E-state index in [1.807, 2.05) is 26.8 Å². The van der Waals surface area contributed by atoms with Gasteiger partial charge in [0.1, 0.15) is 23.8 Å². The van der Waals surface area contributed by atoms with Crippen LogP contribution in [-0.2, 0) is 20.8 Å². The number of carbonyl (C=O) groups excluding carboxylic acids is 1. The van der Waals surface area contributed by atoms with Crippen LogP contribution in [0.5, 0.6) is 5.75 Å². The Hall–Kier alpha value is -1.87. The topological polar surface area (TPSA) is 121 Å². The fourth-order valence-corrected chi connectivity index (χ4v) is 3.52. The molecule has 8 nitrogen and oxygen atoms in total. The Balaban J connectivity index is 0. The molecule has 2 aliphatic heterocycles. The number of carbonyl (C=O) groups is 1. The van der Waals surface area contributed by atoms with E-state index in [1.54, 1.807) is 0 Å². The SMILES string of the molecule is CC.CC(ON)C1CCc2cc(C3=NCC(CCCN)N3)ccc2O1.CCCCOC(C)=O.[Rf].[Tb]. The van der Waals surface area contributed by atoms with E-state index >= 15 is 0 Å². The standard InChI is InChI=1S/C17H26N4O2.C6H12O2.C2H6.Rf.Tb/c1-11(23-19)15-6-4-12-9-13(5-7-16(12)22-15)17-20-10-14(21-17)3-2-8-18;1-3-4-5-8-6(2)7;1-2;;/h5,7,9,11,14-15H,2-4,6,8,10,18-19H2,1H3,(H,20,21);3-5H2,1-2H3;1-2H3;;. The summed E-state index contributed by atoms with van der Waals surface area (Å²) in [6.07, 6.45) is 5.93. The minimum Gasteiger partial charge on any atom is -0.487 e. The number of unbranched alkanes of at least 4 members (excludes halogenated alkanes) is 1. The first-order valence-corrected chi connectivity index (χ1v) is 12.3. The van der Waals surface area contributed by atoms with E-state index in [9.17, 15) is 4.79 Å². The summed E-state index contributed by atoms with van der Waals surface area (Å²) in [4.78, 5) is 19.6. The van der Waals surface area contributed by atoms with Crippen LogP contribution in [0.2, 0.25) is 0 Å². The molecule has 5 N–H and O–H groups in total. The maximum atomic E-state index is 10.1. The van der Waals surface area contributed by atoms with Gasteiger partial charge in [0.15, 0.2) is 0 Å². The summed E-state index contributed by atoms with van der Waals surface area (Å²) in [6.45, 7) is 11.6. The molecule has 0 aliphatic carbocycles. The van der Waals surface area contributed by atoms with Crippen LogP contribution in [0.15, 0.2) is 23.2 Å². The summed E-state index contributed by atoms with van der Waals surface area (Å²) in [5.41, 5.74) is 7.92. The van der Waals surface area contributed by atoms with Crippen LogP contribution >= 0.6 is 0 Å². The fourth-order valence-electron chi connectivity index (χ4n) is 3.52. The first kappa shape index (κ1) is 35.3. The molecule has 35 heavy (non-hydrogen) atoms. The molecule has 0 spiro atoms. The number of nitrogens with zero attached hydrogens (tertiary/aromatic N) is 1. The molecule has 1 radical (unpaired) electrons. The van der Waals surface area contributed by atoms with Gasteiger partial charge >= 0.3 is 5.97 Å². The zero-order valence-corrected chi connectivity index (χ0v) is 30.6. The molecule has 3 atom stereocenters.